The maximum atomic E-state index is 12.1. The van der Waals surface area contributed by atoms with E-state index in [0.29, 0.717) is 46.7 Å². The zero-order valence-electron chi connectivity index (χ0n) is 19.4. The summed E-state index contributed by atoms with van der Waals surface area (Å²) in [4.78, 5) is 24.1. The Morgan fingerprint density at radius 1 is 0.971 bits per heavy atom. The van der Waals surface area contributed by atoms with Crippen LogP contribution in [-0.2, 0) is 16.2 Å². The topological polar surface area (TPSA) is 98.2 Å². The average molecular weight is 496 g/mol. The van der Waals surface area contributed by atoms with Crippen molar-refractivity contribution in [2.24, 2.45) is 5.10 Å². The van der Waals surface area contributed by atoms with E-state index in [1.807, 2.05) is 25.1 Å². The highest BCUT2D eigenvalue weighted by Gasteiger charge is 2.10. The van der Waals surface area contributed by atoms with Gasteiger partial charge in [0.15, 0.2) is 11.5 Å². The standard InChI is InChI=1S/C26H26ClN3O5/c1-3-34-24-14-18(8-13-23(24)35-17-19-6-4-5-7-22(19)27)16-28-30-26(32)15-25(31)29-20-9-11-21(33-2)12-10-20/h4-14,16H,3,15,17H2,1-2H3,(H,29,31)(H,30,32). The molecule has 35 heavy (non-hydrogen) atoms. The molecular formula is C26H26ClN3O5. The van der Waals surface area contributed by atoms with E-state index in [1.165, 1.54) is 6.21 Å². The fraction of sp³-hybridized carbons (Fsp3) is 0.192. The first-order valence-corrected chi connectivity index (χ1v) is 11.2. The van der Waals surface area contributed by atoms with Gasteiger partial charge in [-0.25, -0.2) is 5.43 Å². The number of hydrogen-bond acceptors (Lipinski definition) is 6. The number of nitrogens with one attached hydrogen (secondary N) is 2. The van der Waals surface area contributed by atoms with Crippen molar-refractivity contribution in [3.63, 3.8) is 0 Å². The third-order valence-corrected chi connectivity index (χ3v) is 5.08. The van der Waals surface area contributed by atoms with Crippen molar-refractivity contribution < 1.29 is 23.8 Å². The predicted octanol–water partition coefficient (Wildman–Crippen LogP) is 4.81. The molecule has 0 bridgehead atoms. The van der Waals surface area contributed by atoms with E-state index in [9.17, 15) is 9.59 Å². The van der Waals surface area contributed by atoms with Crippen LogP contribution in [0.3, 0.4) is 0 Å². The third kappa shape index (κ3) is 8.04. The van der Waals surface area contributed by atoms with Gasteiger partial charge in [0.2, 0.25) is 11.8 Å². The molecule has 0 aliphatic heterocycles. The summed E-state index contributed by atoms with van der Waals surface area (Å²) in [6, 6.07) is 19.5. The maximum absolute atomic E-state index is 12.1. The minimum absolute atomic E-state index is 0.293. The summed E-state index contributed by atoms with van der Waals surface area (Å²) in [6.45, 7) is 2.61. The lowest BCUT2D eigenvalue weighted by Gasteiger charge is -2.13. The number of ether oxygens (including phenoxy) is 3. The van der Waals surface area contributed by atoms with Crippen LogP contribution in [0.4, 0.5) is 5.69 Å². The van der Waals surface area contributed by atoms with Crippen molar-refractivity contribution in [2.45, 2.75) is 20.0 Å². The van der Waals surface area contributed by atoms with Gasteiger partial charge in [-0.05, 0) is 61.0 Å². The fourth-order valence-corrected chi connectivity index (χ4v) is 3.20. The van der Waals surface area contributed by atoms with Gasteiger partial charge in [-0.3, -0.25) is 9.59 Å². The van der Waals surface area contributed by atoms with Gasteiger partial charge in [-0.15, -0.1) is 0 Å². The average Bonchev–Trinajstić information content (AvgIpc) is 2.85. The van der Waals surface area contributed by atoms with E-state index < -0.39 is 11.8 Å². The van der Waals surface area contributed by atoms with Crippen molar-refractivity contribution in [1.82, 2.24) is 5.43 Å². The van der Waals surface area contributed by atoms with Crippen molar-refractivity contribution >= 4 is 35.3 Å². The van der Waals surface area contributed by atoms with Crippen LogP contribution in [0.15, 0.2) is 71.8 Å². The number of halogens is 1. The van der Waals surface area contributed by atoms with Crippen LogP contribution in [-0.4, -0.2) is 31.7 Å². The van der Waals surface area contributed by atoms with Crippen LogP contribution in [0.2, 0.25) is 5.02 Å². The molecular weight excluding hydrogens is 470 g/mol. The minimum Gasteiger partial charge on any atom is -0.497 e. The van der Waals surface area contributed by atoms with Crippen LogP contribution < -0.4 is 25.0 Å². The summed E-state index contributed by atoms with van der Waals surface area (Å²) in [5.41, 5.74) is 4.45. The first-order valence-electron chi connectivity index (χ1n) is 10.9. The Hall–Kier alpha value is -4.04. The summed E-state index contributed by atoms with van der Waals surface area (Å²) in [5, 5.41) is 7.19. The van der Waals surface area contributed by atoms with Crippen LogP contribution in [0.5, 0.6) is 17.2 Å². The van der Waals surface area contributed by atoms with Gasteiger partial charge in [0.05, 0.1) is 19.9 Å². The van der Waals surface area contributed by atoms with Gasteiger partial charge in [-0.1, -0.05) is 29.8 Å². The zero-order chi connectivity index (χ0) is 25.0. The largest absolute Gasteiger partial charge is 0.497 e. The number of methoxy groups -OCH3 is 1. The normalized spacial score (nSPS) is 10.6. The maximum Gasteiger partial charge on any atom is 0.249 e. The quantitative estimate of drug-likeness (QED) is 0.226. The van der Waals surface area contributed by atoms with Crippen LogP contribution in [0.25, 0.3) is 0 Å². The number of hydrogen-bond donors (Lipinski definition) is 2. The molecule has 2 N–H and O–H groups in total. The molecule has 0 fully saturated rings. The molecule has 3 aromatic rings. The van der Waals surface area contributed by atoms with Gasteiger partial charge in [0.1, 0.15) is 18.8 Å². The molecule has 3 aromatic carbocycles. The van der Waals surface area contributed by atoms with Crippen LogP contribution >= 0.6 is 11.6 Å². The van der Waals surface area contributed by atoms with E-state index in [2.05, 4.69) is 15.8 Å². The van der Waals surface area contributed by atoms with Crippen LogP contribution in [0.1, 0.15) is 24.5 Å². The van der Waals surface area contributed by atoms with Crippen molar-refractivity contribution in [3.05, 3.63) is 82.9 Å². The van der Waals surface area contributed by atoms with E-state index >= 15 is 0 Å². The molecule has 0 atom stereocenters. The molecule has 0 aliphatic rings. The molecule has 0 aliphatic carbocycles. The third-order valence-electron chi connectivity index (χ3n) is 4.71. The Morgan fingerprint density at radius 3 is 2.46 bits per heavy atom. The van der Waals surface area contributed by atoms with E-state index in [4.69, 9.17) is 25.8 Å². The summed E-state index contributed by atoms with van der Waals surface area (Å²) >= 11 is 6.19. The van der Waals surface area contributed by atoms with Crippen molar-refractivity contribution in [2.75, 3.05) is 19.0 Å². The van der Waals surface area contributed by atoms with Crippen molar-refractivity contribution in [1.29, 1.82) is 0 Å². The number of nitrogens with zero attached hydrogens (tertiary/aromatic N) is 1. The Bertz CT molecular complexity index is 1180. The molecule has 8 nitrogen and oxygen atoms in total. The monoisotopic (exact) mass is 495 g/mol. The lowest BCUT2D eigenvalue weighted by Crippen LogP contribution is -2.24. The summed E-state index contributed by atoms with van der Waals surface area (Å²) in [6.07, 6.45) is 1.09. The summed E-state index contributed by atoms with van der Waals surface area (Å²) in [5.74, 6) is 0.762. The minimum atomic E-state index is -0.544. The molecule has 0 aromatic heterocycles. The molecule has 0 radical (unpaired) electrons. The highest BCUT2D eigenvalue weighted by Crippen LogP contribution is 2.29. The molecule has 0 saturated heterocycles. The number of carbonyl (C=O) groups excluding carboxylic acids is 2. The molecule has 3 rings (SSSR count). The molecule has 182 valence electrons. The second kappa shape index (κ2) is 13.0. The number of benzene rings is 3. The van der Waals surface area contributed by atoms with Gasteiger partial charge in [0.25, 0.3) is 0 Å². The van der Waals surface area contributed by atoms with Crippen molar-refractivity contribution in [3.8, 4) is 17.2 Å². The number of anilines is 1. The zero-order valence-corrected chi connectivity index (χ0v) is 20.2. The Balaban J connectivity index is 1.53. The first kappa shape index (κ1) is 25.6. The van der Waals surface area contributed by atoms with Gasteiger partial charge in [0, 0.05) is 16.3 Å². The summed E-state index contributed by atoms with van der Waals surface area (Å²) < 4.78 is 16.6. The van der Waals surface area contributed by atoms with Gasteiger partial charge in [-0.2, -0.15) is 5.10 Å². The molecule has 0 saturated carbocycles. The molecule has 0 heterocycles. The molecule has 0 unspecified atom stereocenters. The highest BCUT2D eigenvalue weighted by molar-refractivity contribution is 6.31. The Labute approximate surface area is 208 Å². The number of amides is 2. The van der Waals surface area contributed by atoms with E-state index in [1.54, 1.807) is 55.6 Å². The predicted molar refractivity (Wildman–Crippen MR) is 135 cm³/mol. The number of hydrazone groups is 1. The fourth-order valence-electron chi connectivity index (χ4n) is 3.01. The second-order valence-corrected chi connectivity index (χ2v) is 7.67. The van der Waals surface area contributed by atoms with E-state index in [-0.39, 0.29) is 6.42 Å². The Kier molecular flexibility index (Phi) is 9.50. The van der Waals surface area contributed by atoms with E-state index in [0.717, 1.165) is 5.56 Å². The Morgan fingerprint density at radius 2 is 1.74 bits per heavy atom. The highest BCUT2D eigenvalue weighted by atomic mass is 35.5. The lowest BCUT2D eigenvalue weighted by molar-refractivity contribution is -0.126. The van der Waals surface area contributed by atoms with Gasteiger partial charge >= 0.3 is 0 Å². The first-order chi connectivity index (χ1) is 17.0. The molecule has 0 spiro atoms. The number of rotatable bonds is 11. The second-order valence-electron chi connectivity index (χ2n) is 7.27. The summed E-state index contributed by atoms with van der Waals surface area (Å²) in [7, 11) is 1.56. The van der Waals surface area contributed by atoms with Gasteiger partial charge < -0.3 is 19.5 Å². The smallest absolute Gasteiger partial charge is 0.249 e. The molecule has 9 heteroatoms. The van der Waals surface area contributed by atoms with Crippen LogP contribution in [0, 0.1) is 0 Å². The number of carbonyl (C=O) groups is 2. The molecule has 2 amide bonds. The SMILES string of the molecule is CCOc1cc(C=NNC(=O)CC(=O)Nc2ccc(OC)cc2)ccc1OCc1ccccc1Cl. The lowest BCUT2D eigenvalue weighted by atomic mass is 10.2.